The number of carbonyl (C=O) groups is 1. The van der Waals surface area contributed by atoms with E-state index >= 15 is 0 Å². The highest BCUT2D eigenvalue weighted by Gasteiger charge is 2.33. The summed E-state index contributed by atoms with van der Waals surface area (Å²) in [6, 6.07) is 11.3. The highest BCUT2D eigenvalue weighted by Crippen LogP contribution is 2.36. The van der Waals surface area contributed by atoms with E-state index in [1.54, 1.807) is 12.1 Å². The molecule has 5 nitrogen and oxygen atoms in total. The smallest absolute Gasteiger partial charge is 0.320 e. The maximum Gasteiger partial charge on any atom is 0.417 e. The van der Waals surface area contributed by atoms with Crippen LogP contribution in [0.15, 0.2) is 59.5 Å². The van der Waals surface area contributed by atoms with Crippen molar-refractivity contribution in [2.45, 2.75) is 13.1 Å². The number of hydrogen-bond acceptors (Lipinski definition) is 3. The van der Waals surface area contributed by atoms with Crippen LogP contribution in [0.3, 0.4) is 0 Å². The van der Waals surface area contributed by atoms with E-state index < -0.39 is 33.8 Å². The minimum Gasteiger partial charge on any atom is -0.320 e. The largest absolute Gasteiger partial charge is 0.417 e. The summed E-state index contributed by atoms with van der Waals surface area (Å²) in [7, 11) is 0. The Labute approximate surface area is 162 Å². The van der Waals surface area contributed by atoms with Gasteiger partial charge in [0, 0.05) is 18.0 Å². The molecule has 0 aliphatic rings. The van der Waals surface area contributed by atoms with E-state index in [1.807, 2.05) is 19.1 Å². The molecule has 1 N–H and O–H groups in total. The molecule has 3 rings (SSSR count). The van der Waals surface area contributed by atoms with Crippen LogP contribution in [0.5, 0.6) is 0 Å². The number of hydrogen-bond donors (Lipinski definition) is 1. The lowest BCUT2D eigenvalue weighted by molar-refractivity contribution is -0.137. The molecular formula is C19H13ClF3N3O2. The van der Waals surface area contributed by atoms with Gasteiger partial charge < -0.3 is 5.32 Å². The molecule has 0 saturated carbocycles. The van der Waals surface area contributed by atoms with E-state index in [4.69, 9.17) is 11.6 Å². The number of anilines is 1. The van der Waals surface area contributed by atoms with E-state index in [0.29, 0.717) is 11.8 Å². The maximum atomic E-state index is 13.0. The van der Waals surface area contributed by atoms with Crippen molar-refractivity contribution < 1.29 is 18.0 Å². The number of amides is 1. The van der Waals surface area contributed by atoms with Crippen LogP contribution in [-0.4, -0.2) is 15.7 Å². The van der Waals surface area contributed by atoms with Crippen molar-refractivity contribution in [3.63, 3.8) is 0 Å². The number of carbonyl (C=O) groups excluding carboxylic acids is 1. The molecule has 2 aromatic carbocycles. The summed E-state index contributed by atoms with van der Waals surface area (Å²) in [4.78, 5) is 24.4. The number of benzene rings is 2. The van der Waals surface area contributed by atoms with Gasteiger partial charge in [0.05, 0.1) is 16.3 Å². The van der Waals surface area contributed by atoms with Gasteiger partial charge in [0.2, 0.25) is 5.43 Å². The summed E-state index contributed by atoms with van der Waals surface area (Å²) in [5.74, 6) is -0.929. The molecule has 3 aromatic rings. The predicted molar refractivity (Wildman–Crippen MR) is 99.0 cm³/mol. The third-order valence-electron chi connectivity index (χ3n) is 3.85. The first-order valence-corrected chi connectivity index (χ1v) is 8.38. The Bertz CT molecular complexity index is 1090. The summed E-state index contributed by atoms with van der Waals surface area (Å²) in [5, 5.41) is 5.76. The molecule has 0 unspecified atom stereocenters. The molecule has 1 aromatic heterocycles. The van der Waals surface area contributed by atoms with Crippen molar-refractivity contribution in [1.82, 2.24) is 9.78 Å². The van der Waals surface area contributed by atoms with Crippen LogP contribution in [-0.2, 0) is 6.18 Å². The van der Waals surface area contributed by atoms with Crippen LogP contribution >= 0.6 is 11.6 Å². The van der Waals surface area contributed by atoms with E-state index in [0.717, 1.165) is 17.7 Å². The zero-order chi connectivity index (χ0) is 20.5. The zero-order valence-electron chi connectivity index (χ0n) is 14.4. The molecule has 9 heteroatoms. The fraction of sp³-hybridized carbons (Fsp3) is 0.105. The van der Waals surface area contributed by atoms with Crippen molar-refractivity contribution in [3.05, 3.63) is 86.8 Å². The van der Waals surface area contributed by atoms with Crippen LogP contribution in [0.4, 0.5) is 18.9 Å². The van der Waals surface area contributed by atoms with E-state index in [1.165, 1.54) is 16.9 Å². The number of alkyl halides is 3. The second-order valence-electron chi connectivity index (χ2n) is 5.96. The van der Waals surface area contributed by atoms with Gasteiger partial charge in [-0.15, -0.1) is 0 Å². The highest BCUT2D eigenvalue weighted by molar-refractivity contribution is 6.31. The fourth-order valence-corrected chi connectivity index (χ4v) is 2.64. The van der Waals surface area contributed by atoms with Crippen molar-refractivity contribution >= 4 is 23.2 Å². The minimum atomic E-state index is -4.68. The molecule has 0 bridgehead atoms. The van der Waals surface area contributed by atoms with Crippen molar-refractivity contribution in [1.29, 1.82) is 0 Å². The van der Waals surface area contributed by atoms with Crippen LogP contribution < -0.4 is 10.7 Å². The van der Waals surface area contributed by atoms with E-state index in [9.17, 15) is 22.8 Å². The van der Waals surface area contributed by atoms with Gasteiger partial charge in [-0.25, -0.2) is 4.68 Å². The normalized spacial score (nSPS) is 11.3. The molecule has 0 radical (unpaired) electrons. The van der Waals surface area contributed by atoms with Crippen molar-refractivity contribution in [2.24, 2.45) is 0 Å². The fourth-order valence-electron chi connectivity index (χ4n) is 2.42. The first kappa shape index (κ1) is 19.6. The Morgan fingerprint density at radius 3 is 2.43 bits per heavy atom. The molecule has 0 spiro atoms. The third kappa shape index (κ3) is 4.23. The molecule has 1 amide bonds. The summed E-state index contributed by atoms with van der Waals surface area (Å²) < 4.78 is 40.2. The number of aryl methyl sites for hydroxylation is 1. The summed E-state index contributed by atoms with van der Waals surface area (Å²) in [5.41, 5.74) is -0.729. The summed E-state index contributed by atoms with van der Waals surface area (Å²) >= 11 is 5.56. The molecule has 0 fully saturated rings. The van der Waals surface area contributed by atoms with Gasteiger partial charge in [-0.2, -0.15) is 18.3 Å². The van der Waals surface area contributed by atoms with Crippen LogP contribution in [0.2, 0.25) is 5.02 Å². The van der Waals surface area contributed by atoms with Crippen LogP contribution in [0.25, 0.3) is 5.69 Å². The van der Waals surface area contributed by atoms with Crippen LogP contribution in [0.1, 0.15) is 21.6 Å². The monoisotopic (exact) mass is 407 g/mol. The average molecular weight is 408 g/mol. The van der Waals surface area contributed by atoms with Gasteiger partial charge in [-0.1, -0.05) is 29.3 Å². The first-order chi connectivity index (χ1) is 13.1. The molecule has 0 aliphatic carbocycles. The molecule has 0 saturated heterocycles. The first-order valence-electron chi connectivity index (χ1n) is 8.00. The highest BCUT2D eigenvalue weighted by atomic mass is 35.5. The van der Waals surface area contributed by atoms with Gasteiger partial charge in [0.25, 0.3) is 5.91 Å². The number of aromatic nitrogens is 2. The lowest BCUT2D eigenvalue weighted by Gasteiger charge is -2.12. The van der Waals surface area contributed by atoms with Gasteiger partial charge in [0.15, 0.2) is 5.69 Å². The standard InChI is InChI=1S/C19H13ClF3N3O2/c1-11-2-5-13(6-3-11)26-9-8-16(27)17(25-26)18(28)24-12-4-7-15(20)14(10-12)19(21,22)23/h2-10H,1H3,(H,24,28). The van der Waals surface area contributed by atoms with Crippen LogP contribution in [0, 0.1) is 6.92 Å². The Morgan fingerprint density at radius 1 is 1.11 bits per heavy atom. The second-order valence-corrected chi connectivity index (χ2v) is 6.36. The van der Waals surface area contributed by atoms with Gasteiger partial charge in [0.1, 0.15) is 0 Å². The Hall–Kier alpha value is -3.13. The molecule has 1 heterocycles. The topological polar surface area (TPSA) is 64.0 Å². The maximum absolute atomic E-state index is 13.0. The number of halogens is 4. The summed E-state index contributed by atoms with van der Waals surface area (Å²) in [6.45, 7) is 1.91. The van der Waals surface area contributed by atoms with Gasteiger partial charge in [-0.05, 0) is 37.3 Å². The Kier molecular flexibility index (Phi) is 5.24. The lowest BCUT2D eigenvalue weighted by atomic mass is 10.2. The molecule has 0 atom stereocenters. The van der Waals surface area contributed by atoms with E-state index in [-0.39, 0.29) is 5.69 Å². The Morgan fingerprint density at radius 2 is 1.79 bits per heavy atom. The van der Waals surface area contributed by atoms with E-state index in [2.05, 4.69) is 10.4 Å². The van der Waals surface area contributed by atoms with Crippen molar-refractivity contribution in [2.75, 3.05) is 5.32 Å². The number of nitrogens with zero attached hydrogens (tertiary/aromatic N) is 2. The van der Waals surface area contributed by atoms with Gasteiger partial charge >= 0.3 is 6.18 Å². The predicted octanol–water partition coefficient (Wildman–Crippen LogP) is 4.47. The quantitative estimate of drug-likeness (QED) is 0.697. The SMILES string of the molecule is Cc1ccc(-n2ccc(=O)c(C(=O)Nc3ccc(Cl)c(C(F)(F)F)c3)n2)cc1. The zero-order valence-corrected chi connectivity index (χ0v) is 15.2. The Balaban J connectivity index is 1.92. The number of rotatable bonds is 3. The average Bonchev–Trinajstić information content (AvgIpc) is 2.63. The summed E-state index contributed by atoms with van der Waals surface area (Å²) in [6.07, 6.45) is -3.28. The minimum absolute atomic E-state index is 0.159. The lowest BCUT2D eigenvalue weighted by Crippen LogP contribution is -2.25. The number of nitrogens with one attached hydrogen (secondary N) is 1. The third-order valence-corrected chi connectivity index (χ3v) is 4.18. The van der Waals surface area contributed by atoms with Crippen molar-refractivity contribution in [3.8, 4) is 5.69 Å². The second kappa shape index (κ2) is 7.47. The molecular weight excluding hydrogens is 395 g/mol. The van der Waals surface area contributed by atoms with Gasteiger partial charge in [-0.3, -0.25) is 9.59 Å². The molecule has 144 valence electrons. The molecule has 0 aliphatic heterocycles. The molecule has 28 heavy (non-hydrogen) atoms.